The van der Waals surface area contributed by atoms with Crippen molar-refractivity contribution in [2.45, 2.75) is 13.0 Å². The average molecular weight is 247 g/mol. The fraction of sp³-hybridized carbons (Fsp3) is 0.200. The molecule has 2 rings (SSSR count). The molecule has 0 atom stereocenters. The van der Waals surface area contributed by atoms with Gasteiger partial charge >= 0.3 is 0 Å². The van der Waals surface area contributed by atoms with E-state index in [1.54, 1.807) is 24.3 Å². The molecule has 0 spiro atoms. The van der Waals surface area contributed by atoms with E-state index < -0.39 is 0 Å². The van der Waals surface area contributed by atoms with Crippen LogP contribution in [-0.2, 0) is 13.0 Å². The fourth-order valence-corrected chi connectivity index (χ4v) is 1.76. The zero-order valence-electron chi connectivity index (χ0n) is 10.00. The lowest BCUT2D eigenvalue weighted by atomic mass is 10.1. The van der Waals surface area contributed by atoms with Gasteiger partial charge in [0.25, 0.3) is 0 Å². The van der Waals surface area contributed by atoms with E-state index in [-0.39, 0.29) is 11.6 Å². The highest BCUT2D eigenvalue weighted by molar-refractivity contribution is 5.17. The highest BCUT2D eigenvalue weighted by Crippen LogP contribution is 2.04. The Morgan fingerprint density at radius 3 is 2.33 bits per heavy atom. The number of nitrogens with one attached hydrogen (secondary N) is 1. The molecule has 2 aromatic carbocycles. The summed E-state index contributed by atoms with van der Waals surface area (Å²) < 4.78 is 25.6. The normalized spacial score (nSPS) is 10.6. The zero-order valence-corrected chi connectivity index (χ0v) is 10.00. The van der Waals surface area contributed by atoms with E-state index >= 15 is 0 Å². The van der Waals surface area contributed by atoms with Crippen molar-refractivity contribution in [3.63, 3.8) is 0 Å². The van der Waals surface area contributed by atoms with Crippen LogP contribution in [0.1, 0.15) is 11.1 Å². The first-order valence-electron chi connectivity index (χ1n) is 5.93. The van der Waals surface area contributed by atoms with Crippen LogP contribution in [0.4, 0.5) is 8.78 Å². The van der Waals surface area contributed by atoms with Crippen LogP contribution in [0.15, 0.2) is 48.5 Å². The third-order valence-corrected chi connectivity index (χ3v) is 2.72. The van der Waals surface area contributed by atoms with Gasteiger partial charge in [-0.25, -0.2) is 8.78 Å². The summed E-state index contributed by atoms with van der Waals surface area (Å²) in [6.45, 7) is 1.45. The summed E-state index contributed by atoms with van der Waals surface area (Å²) in [6, 6.07) is 13.0. The number of benzene rings is 2. The van der Waals surface area contributed by atoms with Crippen LogP contribution in [0.5, 0.6) is 0 Å². The molecule has 0 aromatic heterocycles. The second-order valence-corrected chi connectivity index (χ2v) is 4.18. The summed E-state index contributed by atoms with van der Waals surface area (Å²) in [5, 5.41) is 3.24. The van der Waals surface area contributed by atoms with E-state index in [9.17, 15) is 8.78 Å². The summed E-state index contributed by atoms with van der Waals surface area (Å²) in [4.78, 5) is 0. The fourth-order valence-electron chi connectivity index (χ4n) is 1.76. The van der Waals surface area contributed by atoms with Crippen LogP contribution in [-0.4, -0.2) is 6.54 Å². The number of rotatable bonds is 5. The van der Waals surface area contributed by atoms with Gasteiger partial charge in [0.1, 0.15) is 11.6 Å². The Morgan fingerprint density at radius 2 is 1.61 bits per heavy atom. The van der Waals surface area contributed by atoms with E-state index in [0.717, 1.165) is 24.1 Å². The molecular formula is C15H15F2N. The molecule has 0 aliphatic rings. The first-order chi connectivity index (χ1) is 8.74. The third-order valence-electron chi connectivity index (χ3n) is 2.72. The van der Waals surface area contributed by atoms with Crippen LogP contribution >= 0.6 is 0 Å². The SMILES string of the molecule is Fc1ccc(CNCCc2cccc(F)c2)cc1. The quantitative estimate of drug-likeness (QED) is 0.799. The Kier molecular flexibility index (Phi) is 4.42. The summed E-state index contributed by atoms with van der Waals surface area (Å²) in [7, 11) is 0. The first-order valence-corrected chi connectivity index (χ1v) is 5.93. The maximum atomic E-state index is 12.9. The molecule has 0 fully saturated rings. The third kappa shape index (κ3) is 3.93. The van der Waals surface area contributed by atoms with Gasteiger partial charge < -0.3 is 5.32 Å². The van der Waals surface area contributed by atoms with Crippen LogP contribution in [0.2, 0.25) is 0 Å². The lowest BCUT2D eigenvalue weighted by molar-refractivity contribution is 0.621. The van der Waals surface area contributed by atoms with Gasteiger partial charge in [0.05, 0.1) is 0 Å². The molecule has 0 aliphatic heterocycles. The smallest absolute Gasteiger partial charge is 0.123 e. The van der Waals surface area contributed by atoms with Crippen molar-refractivity contribution in [2.75, 3.05) is 6.54 Å². The van der Waals surface area contributed by atoms with Gasteiger partial charge in [0.15, 0.2) is 0 Å². The van der Waals surface area contributed by atoms with E-state index in [4.69, 9.17) is 0 Å². The van der Waals surface area contributed by atoms with Gasteiger partial charge in [-0.2, -0.15) is 0 Å². The summed E-state index contributed by atoms with van der Waals surface area (Å²) >= 11 is 0. The molecule has 0 amide bonds. The topological polar surface area (TPSA) is 12.0 Å². The van der Waals surface area contributed by atoms with Crippen molar-refractivity contribution in [3.05, 3.63) is 71.3 Å². The molecule has 3 heteroatoms. The van der Waals surface area contributed by atoms with Crippen LogP contribution < -0.4 is 5.32 Å². The minimum Gasteiger partial charge on any atom is -0.312 e. The maximum Gasteiger partial charge on any atom is 0.123 e. The Bertz CT molecular complexity index is 494. The van der Waals surface area contributed by atoms with E-state index in [1.165, 1.54) is 18.2 Å². The number of halogens is 2. The number of hydrogen-bond acceptors (Lipinski definition) is 1. The molecule has 1 N–H and O–H groups in total. The Balaban J connectivity index is 1.74. The van der Waals surface area contributed by atoms with Crippen molar-refractivity contribution >= 4 is 0 Å². The predicted octanol–water partition coefficient (Wildman–Crippen LogP) is 3.30. The van der Waals surface area contributed by atoms with Gasteiger partial charge in [-0.3, -0.25) is 0 Å². The van der Waals surface area contributed by atoms with Crippen molar-refractivity contribution in [1.29, 1.82) is 0 Å². The summed E-state index contributed by atoms with van der Waals surface area (Å²) in [5.74, 6) is -0.426. The molecule has 0 unspecified atom stereocenters. The number of hydrogen-bond donors (Lipinski definition) is 1. The molecular weight excluding hydrogens is 232 g/mol. The molecule has 0 bridgehead atoms. The minimum absolute atomic E-state index is 0.203. The Labute approximate surface area is 105 Å². The summed E-state index contributed by atoms with van der Waals surface area (Å²) in [6.07, 6.45) is 0.777. The molecule has 0 saturated heterocycles. The molecule has 0 aliphatic carbocycles. The molecule has 0 radical (unpaired) electrons. The molecule has 18 heavy (non-hydrogen) atoms. The maximum absolute atomic E-state index is 12.9. The van der Waals surface area contributed by atoms with E-state index in [0.29, 0.717) is 6.54 Å². The zero-order chi connectivity index (χ0) is 12.8. The van der Waals surface area contributed by atoms with Gasteiger partial charge in [0.2, 0.25) is 0 Å². The van der Waals surface area contributed by atoms with E-state index in [1.807, 2.05) is 6.07 Å². The highest BCUT2D eigenvalue weighted by Gasteiger charge is 1.96. The first kappa shape index (κ1) is 12.7. The van der Waals surface area contributed by atoms with Crippen LogP contribution in [0.25, 0.3) is 0 Å². The molecule has 2 aromatic rings. The van der Waals surface area contributed by atoms with Crippen molar-refractivity contribution in [3.8, 4) is 0 Å². The molecule has 0 heterocycles. The van der Waals surface area contributed by atoms with Gasteiger partial charge in [-0.05, 0) is 48.4 Å². The monoisotopic (exact) mass is 247 g/mol. The second kappa shape index (κ2) is 6.26. The lowest BCUT2D eigenvalue weighted by Crippen LogP contribution is -2.16. The Morgan fingerprint density at radius 1 is 0.833 bits per heavy atom. The molecule has 94 valence electrons. The van der Waals surface area contributed by atoms with Gasteiger partial charge in [0, 0.05) is 6.54 Å². The molecule has 1 nitrogen and oxygen atoms in total. The lowest BCUT2D eigenvalue weighted by Gasteiger charge is -2.05. The van der Waals surface area contributed by atoms with Gasteiger partial charge in [-0.1, -0.05) is 24.3 Å². The summed E-state index contributed by atoms with van der Waals surface area (Å²) in [5.41, 5.74) is 2.01. The van der Waals surface area contributed by atoms with Crippen molar-refractivity contribution in [1.82, 2.24) is 5.32 Å². The van der Waals surface area contributed by atoms with Crippen molar-refractivity contribution < 1.29 is 8.78 Å². The largest absolute Gasteiger partial charge is 0.312 e. The van der Waals surface area contributed by atoms with Crippen LogP contribution in [0.3, 0.4) is 0 Å². The molecule has 0 saturated carbocycles. The van der Waals surface area contributed by atoms with Crippen molar-refractivity contribution in [2.24, 2.45) is 0 Å². The van der Waals surface area contributed by atoms with Gasteiger partial charge in [-0.15, -0.1) is 0 Å². The highest BCUT2D eigenvalue weighted by atomic mass is 19.1. The Hall–Kier alpha value is -1.74. The second-order valence-electron chi connectivity index (χ2n) is 4.18. The van der Waals surface area contributed by atoms with Crippen LogP contribution in [0, 0.1) is 11.6 Å². The minimum atomic E-state index is -0.224. The average Bonchev–Trinajstić information content (AvgIpc) is 2.37. The standard InChI is InChI=1S/C15H15F2N/c16-14-6-4-13(5-7-14)11-18-9-8-12-2-1-3-15(17)10-12/h1-7,10,18H,8-9,11H2. The predicted molar refractivity (Wildman–Crippen MR) is 68.2 cm³/mol. The van der Waals surface area contributed by atoms with E-state index in [2.05, 4.69) is 5.32 Å².